The van der Waals surface area contributed by atoms with Crippen LogP contribution in [-0.2, 0) is 10.0 Å². The van der Waals surface area contributed by atoms with E-state index in [1.165, 1.54) is 11.3 Å². The molecule has 3 rings (SSSR count). The number of anilines is 1. The van der Waals surface area contributed by atoms with E-state index in [0.717, 1.165) is 16.1 Å². The molecule has 0 amide bonds. The summed E-state index contributed by atoms with van der Waals surface area (Å²) >= 11 is 4.75. The number of rotatable bonds is 4. The molecule has 0 aliphatic heterocycles. The van der Waals surface area contributed by atoms with Gasteiger partial charge in [0.2, 0.25) is 0 Å². The number of aromatic nitrogens is 1. The van der Waals surface area contributed by atoms with Crippen molar-refractivity contribution < 1.29 is 12.9 Å². The molecule has 1 N–H and O–H groups in total. The first-order chi connectivity index (χ1) is 11.3. The largest absolute Gasteiger partial charge is 0.355 e. The van der Waals surface area contributed by atoms with E-state index >= 15 is 0 Å². The van der Waals surface area contributed by atoms with Gasteiger partial charge in [-0.3, -0.25) is 4.72 Å². The highest BCUT2D eigenvalue weighted by Gasteiger charge is 2.22. The standard InChI is InChI=1S/C16H15BrN2O3S2/c1-9-4-5-13(12(17)6-9)19-24(20,21)16-8-15(23-11(16)3)14-7-10(2)18-22-14/h4-8,19H,1-3H3. The Balaban J connectivity index is 1.96. The SMILES string of the molecule is Cc1ccc(NS(=O)(=O)c2cc(-c3cc(C)no3)sc2C)c(Br)c1. The molecule has 0 saturated heterocycles. The van der Waals surface area contributed by atoms with Crippen molar-refractivity contribution in [1.82, 2.24) is 5.16 Å². The summed E-state index contributed by atoms with van der Waals surface area (Å²) in [5, 5.41) is 3.84. The van der Waals surface area contributed by atoms with Crippen LogP contribution in [0.15, 0.2) is 44.2 Å². The molecule has 24 heavy (non-hydrogen) atoms. The minimum atomic E-state index is -3.69. The minimum absolute atomic E-state index is 0.240. The molecule has 0 unspecified atom stereocenters. The van der Waals surface area contributed by atoms with Crippen LogP contribution in [-0.4, -0.2) is 13.6 Å². The third-order valence-electron chi connectivity index (χ3n) is 3.40. The quantitative estimate of drug-likeness (QED) is 0.644. The Bertz CT molecular complexity index is 1010. The van der Waals surface area contributed by atoms with Crippen LogP contribution < -0.4 is 4.72 Å². The number of benzene rings is 1. The Hall–Kier alpha value is -1.64. The number of hydrogen-bond donors (Lipinski definition) is 1. The summed E-state index contributed by atoms with van der Waals surface area (Å²) in [6.07, 6.45) is 0. The van der Waals surface area contributed by atoms with Gasteiger partial charge in [0, 0.05) is 15.4 Å². The first-order valence-electron chi connectivity index (χ1n) is 7.09. The average Bonchev–Trinajstić information content (AvgIpc) is 3.08. The maximum absolute atomic E-state index is 12.7. The molecule has 0 saturated carbocycles. The molecule has 3 aromatic rings. The van der Waals surface area contributed by atoms with Crippen molar-refractivity contribution in [3.63, 3.8) is 0 Å². The average molecular weight is 427 g/mol. The minimum Gasteiger partial charge on any atom is -0.355 e. The van der Waals surface area contributed by atoms with E-state index in [0.29, 0.717) is 20.8 Å². The second-order valence-corrected chi connectivity index (χ2v) is 9.21. The fourth-order valence-corrected chi connectivity index (χ4v) is 5.58. The zero-order valence-corrected chi connectivity index (χ0v) is 16.5. The highest BCUT2D eigenvalue weighted by atomic mass is 79.9. The van der Waals surface area contributed by atoms with E-state index in [-0.39, 0.29) is 4.90 Å². The van der Waals surface area contributed by atoms with Gasteiger partial charge in [-0.25, -0.2) is 8.42 Å². The third kappa shape index (κ3) is 3.40. The Kier molecular flexibility index (Phi) is 4.54. The van der Waals surface area contributed by atoms with Crippen molar-refractivity contribution in [2.75, 3.05) is 4.72 Å². The lowest BCUT2D eigenvalue weighted by Gasteiger charge is -2.10. The molecule has 126 valence electrons. The fourth-order valence-electron chi connectivity index (χ4n) is 2.24. The zero-order valence-electron chi connectivity index (χ0n) is 13.3. The Labute approximate surface area is 152 Å². The molecule has 0 fully saturated rings. The topological polar surface area (TPSA) is 72.2 Å². The van der Waals surface area contributed by atoms with Crippen LogP contribution in [0.3, 0.4) is 0 Å². The maximum atomic E-state index is 12.7. The van der Waals surface area contributed by atoms with E-state index in [4.69, 9.17) is 4.52 Å². The summed E-state index contributed by atoms with van der Waals surface area (Å²) in [7, 11) is -3.69. The third-order valence-corrected chi connectivity index (χ3v) is 6.74. The van der Waals surface area contributed by atoms with Gasteiger partial charge >= 0.3 is 0 Å². The number of sulfonamides is 1. The number of nitrogens with one attached hydrogen (secondary N) is 1. The van der Waals surface area contributed by atoms with Gasteiger partial charge in [-0.2, -0.15) is 0 Å². The van der Waals surface area contributed by atoms with Crippen molar-refractivity contribution >= 4 is 43.0 Å². The summed E-state index contributed by atoms with van der Waals surface area (Å²) in [5.74, 6) is 0.568. The van der Waals surface area contributed by atoms with Crippen LogP contribution in [0.1, 0.15) is 16.1 Å². The molecule has 0 atom stereocenters. The monoisotopic (exact) mass is 426 g/mol. The van der Waals surface area contributed by atoms with Crippen molar-refractivity contribution in [3.05, 3.63) is 50.9 Å². The van der Waals surface area contributed by atoms with Gasteiger partial charge < -0.3 is 4.52 Å². The van der Waals surface area contributed by atoms with Gasteiger partial charge in [0.15, 0.2) is 5.76 Å². The summed E-state index contributed by atoms with van der Waals surface area (Å²) in [6, 6.07) is 8.85. The van der Waals surface area contributed by atoms with Gasteiger partial charge in [0.05, 0.1) is 16.3 Å². The molecule has 0 aliphatic carbocycles. The predicted molar refractivity (Wildman–Crippen MR) is 99.0 cm³/mol. The molecule has 8 heteroatoms. The number of nitrogens with zero attached hydrogens (tertiary/aromatic N) is 1. The van der Waals surface area contributed by atoms with E-state index in [1.54, 1.807) is 25.1 Å². The van der Waals surface area contributed by atoms with E-state index in [2.05, 4.69) is 25.8 Å². The Morgan fingerprint density at radius 3 is 2.54 bits per heavy atom. The highest BCUT2D eigenvalue weighted by molar-refractivity contribution is 9.10. The number of halogens is 1. The molecule has 2 heterocycles. The number of hydrogen-bond acceptors (Lipinski definition) is 5. The van der Waals surface area contributed by atoms with Crippen LogP contribution in [0.25, 0.3) is 10.6 Å². The van der Waals surface area contributed by atoms with E-state index in [9.17, 15) is 8.42 Å². The van der Waals surface area contributed by atoms with Gasteiger partial charge in [-0.1, -0.05) is 11.2 Å². The second kappa shape index (κ2) is 6.34. The van der Waals surface area contributed by atoms with Crippen LogP contribution in [0.2, 0.25) is 0 Å². The first-order valence-corrected chi connectivity index (χ1v) is 10.2. The lowest BCUT2D eigenvalue weighted by atomic mass is 10.2. The molecular weight excluding hydrogens is 412 g/mol. The van der Waals surface area contributed by atoms with E-state index in [1.807, 2.05) is 26.0 Å². The van der Waals surface area contributed by atoms with Crippen molar-refractivity contribution in [1.29, 1.82) is 0 Å². The fraction of sp³-hybridized carbons (Fsp3) is 0.188. The van der Waals surface area contributed by atoms with Gasteiger partial charge in [0.1, 0.15) is 4.90 Å². The maximum Gasteiger partial charge on any atom is 0.263 e. The van der Waals surface area contributed by atoms with Crippen LogP contribution >= 0.6 is 27.3 Å². The lowest BCUT2D eigenvalue weighted by Crippen LogP contribution is -2.13. The van der Waals surface area contributed by atoms with Crippen LogP contribution in [0.5, 0.6) is 0 Å². The number of aryl methyl sites for hydroxylation is 3. The molecule has 0 aliphatic rings. The van der Waals surface area contributed by atoms with E-state index < -0.39 is 10.0 Å². The Morgan fingerprint density at radius 1 is 1.17 bits per heavy atom. The van der Waals surface area contributed by atoms with Crippen LogP contribution in [0.4, 0.5) is 5.69 Å². The van der Waals surface area contributed by atoms with Gasteiger partial charge in [0.25, 0.3) is 10.0 Å². The van der Waals surface area contributed by atoms with Crippen molar-refractivity contribution in [3.8, 4) is 10.6 Å². The highest BCUT2D eigenvalue weighted by Crippen LogP contribution is 2.35. The molecule has 1 aromatic carbocycles. The first kappa shape index (κ1) is 17.2. The van der Waals surface area contributed by atoms with Gasteiger partial charge in [-0.05, 0) is 60.5 Å². The second-order valence-electron chi connectivity index (χ2n) is 5.45. The molecular formula is C16H15BrN2O3S2. The molecule has 0 bridgehead atoms. The summed E-state index contributed by atoms with van der Waals surface area (Å²) in [5.41, 5.74) is 2.30. The normalized spacial score (nSPS) is 11.7. The Morgan fingerprint density at radius 2 is 1.92 bits per heavy atom. The lowest BCUT2D eigenvalue weighted by molar-refractivity contribution is 0.428. The number of thiophene rings is 1. The van der Waals surface area contributed by atoms with Crippen LogP contribution in [0, 0.1) is 20.8 Å². The van der Waals surface area contributed by atoms with Crippen molar-refractivity contribution in [2.45, 2.75) is 25.7 Å². The summed E-state index contributed by atoms with van der Waals surface area (Å²) in [6.45, 7) is 5.54. The molecule has 2 aromatic heterocycles. The van der Waals surface area contributed by atoms with Crippen molar-refractivity contribution in [2.24, 2.45) is 0 Å². The molecule has 0 spiro atoms. The summed E-state index contributed by atoms with van der Waals surface area (Å²) < 4.78 is 34.0. The predicted octanol–water partition coefficient (Wildman–Crippen LogP) is 4.89. The zero-order chi connectivity index (χ0) is 17.5. The summed E-state index contributed by atoms with van der Waals surface area (Å²) in [4.78, 5) is 1.66. The molecule has 0 radical (unpaired) electrons. The smallest absolute Gasteiger partial charge is 0.263 e. The molecule has 5 nitrogen and oxygen atoms in total. The van der Waals surface area contributed by atoms with Gasteiger partial charge in [-0.15, -0.1) is 11.3 Å².